The predicted octanol–water partition coefficient (Wildman–Crippen LogP) is 4.36. The average Bonchev–Trinajstić information content (AvgIpc) is 2.38. The molecule has 0 aliphatic carbocycles. The monoisotopic (exact) mass is 283 g/mol. The van der Waals surface area contributed by atoms with Crippen molar-refractivity contribution in [3.05, 3.63) is 34.3 Å². The van der Waals surface area contributed by atoms with Crippen molar-refractivity contribution in [3.8, 4) is 0 Å². The Bertz CT molecular complexity index is 381. The van der Waals surface area contributed by atoms with Crippen LogP contribution in [-0.4, -0.2) is 20.3 Å². The van der Waals surface area contributed by atoms with Gasteiger partial charge in [0.15, 0.2) is 0 Å². The molecule has 1 aromatic carbocycles. The van der Waals surface area contributed by atoms with Crippen LogP contribution in [0.4, 0.5) is 0 Å². The van der Waals surface area contributed by atoms with Gasteiger partial charge in [0, 0.05) is 24.8 Å². The summed E-state index contributed by atoms with van der Waals surface area (Å²) in [5.41, 5.74) is 2.40. The van der Waals surface area contributed by atoms with Gasteiger partial charge < -0.3 is 10.1 Å². The highest BCUT2D eigenvalue weighted by Gasteiger charge is 2.15. The number of benzene rings is 1. The number of ether oxygens (including phenoxy) is 1. The minimum absolute atomic E-state index is 0.350. The summed E-state index contributed by atoms with van der Waals surface area (Å²) in [6.45, 7) is 8.26. The summed E-state index contributed by atoms with van der Waals surface area (Å²) in [5, 5.41) is 4.45. The van der Waals surface area contributed by atoms with E-state index in [2.05, 4.69) is 37.4 Å². The highest BCUT2D eigenvalue weighted by atomic mass is 35.5. The summed E-state index contributed by atoms with van der Waals surface area (Å²) in [5.74, 6) is 0.527. The maximum atomic E-state index is 6.24. The lowest BCUT2D eigenvalue weighted by Gasteiger charge is -2.23. The van der Waals surface area contributed by atoms with Gasteiger partial charge in [-0.15, -0.1) is 0 Å². The number of halogens is 1. The molecule has 1 rings (SSSR count). The van der Waals surface area contributed by atoms with Crippen LogP contribution in [0, 0.1) is 12.8 Å². The smallest absolute Gasteiger partial charge is 0.0488 e. The van der Waals surface area contributed by atoms with E-state index in [4.69, 9.17) is 16.3 Å². The molecule has 0 aromatic heterocycles. The summed E-state index contributed by atoms with van der Waals surface area (Å²) >= 11 is 6.24. The largest absolute Gasteiger partial charge is 0.384 e. The molecule has 2 atom stereocenters. The van der Waals surface area contributed by atoms with E-state index in [-0.39, 0.29) is 0 Å². The third-order valence-corrected chi connectivity index (χ3v) is 3.74. The molecular formula is C16H26ClNO. The molecule has 2 unspecified atom stereocenters. The Morgan fingerprint density at radius 3 is 2.68 bits per heavy atom. The molecule has 0 amide bonds. The van der Waals surface area contributed by atoms with Crippen molar-refractivity contribution in [2.75, 3.05) is 20.3 Å². The first-order chi connectivity index (χ1) is 9.08. The number of hydrogen-bond donors (Lipinski definition) is 1. The molecule has 0 saturated carbocycles. The Balaban J connectivity index is 2.79. The SMILES string of the molecule is CCCNC(CC(C)COC)c1ccc(C)c(Cl)c1. The van der Waals surface area contributed by atoms with Gasteiger partial charge >= 0.3 is 0 Å². The predicted molar refractivity (Wildman–Crippen MR) is 82.9 cm³/mol. The summed E-state index contributed by atoms with van der Waals surface area (Å²) in [6.07, 6.45) is 2.20. The Morgan fingerprint density at radius 2 is 2.11 bits per heavy atom. The summed E-state index contributed by atoms with van der Waals surface area (Å²) in [6, 6.07) is 6.71. The van der Waals surface area contributed by atoms with Crippen molar-refractivity contribution in [3.63, 3.8) is 0 Å². The van der Waals surface area contributed by atoms with Gasteiger partial charge in [0.1, 0.15) is 0 Å². The quantitative estimate of drug-likeness (QED) is 0.765. The Labute approximate surface area is 122 Å². The van der Waals surface area contributed by atoms with Crippen molar-refractivity contribution in [1.82, 2.24) is 5.32 Å². The van der Waals surface area contributed by atoms with Gasteiger partial charge in [-0.1, -0.05) is 37.6 Å². The molecule has 0 heterocycles. The fraction of sp³-hybridized carbons (Fsp3) is 0.625. The molecule has 108 valence electrons. The van der Waals surface area contributed by atoms with Crippen molar-refractivity contribution in [1.29, 1.82) is 0 Å². The molecule has 0 radical (unpaired) electrons. The van der Waals surface area contributed by atoms with Gasteiger partial charge in [-0.25, -0.2) is 0 Å². The van der Waals surface area contributed by atoms with E-state index in [9.17, 15) is 0 Å². The second-order valence-corrected chi connectivity index (χ2v) is 5.72. The van der Waals surface area contributed by atoms with E-state index in [1.165, 1.54) is 5.56 Å². The van der Waals surface area contributed by atoms with Crippen LogP contribution in [0.25, 0.3) is 0 Å². The molecular weight excluding hydrogens is 258 g/mol. The van der Waals surface area contributed by atoms with Crippen LogP contribution in [0.1, 0.15) is 43.9 Å². The Morgan fingerprint density at radius 1 is 1.37 bits per heavy atom. The van der Waals surface area contributed by atoms with Crippen LogP contribution in [0.15, 0.2) is 18.2 Å². The molecule has 19 heavy (non-hydrogen) atoms. The summed E-state index contributed by atoms with van der Waals surface area (Å²) in [4.78, 5) is 0. The van der Waals surface area contributed by atoms with E-state index in [0.717, 1.165) is 36.6 Å². The van der Waals surface area contributed by atoms with Crippen LogP contribution >= 0.6 is 11.6 Å². The number of nitrogens with one attached hydrogen (secondary N) is 1. The standard InChI is InChI=1S/C16H26ClNO/c1-5-8-18-16(9-12(2)11-19-4)14-7-6-13(3)15(17)10-14/h6-7,10,12,16,18H,5,8-9,11H2,1-4H3. The molecule has 3 heteroatoms. The number of methoxy groups -OCH3 is 1. The maximum absolute atomic E-state index is 6.24. The summed E-state index contributed by atoms with van der Waals surface area (Å²) in [7, 11) is 1.76. The van der Waals surface area contributed by atoms with Crippen LogP contribution in [0.5, 0.6) is 0 Å². The molecule has 0 aliphatic rings. The third kappa shape index (κ3) is 5.52. The number of aryl methyl sites for hydroxylation is 1. The van der Waals surface area contributed by atoms with Crippen molar-refractivity contribution >= 4 is 11.6 Å². The molecule has 1 N–H and O–H groups in total. The van der Waals surface area contributed by atoms with Gasteiger partial charge in [0.25, 0.3) is 0 Å². The van der Waals surface area contributed by atoms with E-state index < -0.39 is 0 Å². The van der Waals surface area contributed by atoms with Crippen molar-refractivity contribution in [2.45, 2.75) is 39.7 Å². The third-order valence-electron chi connectivity index (χ3n) is 3.33. The van der Waals surface area contributed by atoms with Crippen molar-refractivity contribution < 1.29 is 4.74 Å². The molecule has 0 spiro atoms. The van der Waals surface area contributed by atoms with Crippen LogP contribution in [0.3, 0.4) is 0 Å². The normalized spacial score (nSPS) is 14.4. The van der Waals surface area contributed by atoms with Crippen LogP contribution in [0.2, 0.25) is 5.02 Å². The van der Waals surface area contributed by atoms with E-state index >= 15 is 0 Å². The lowest BCUT2D eigenvalue weighted by atomic mass is 9.95. The summed E-state index contributed by atoms with van der Waals surface area (Å²) < 4.78 is 5.23. The highest BCUT2D eigenvalue weighted by Crippen LogP contribution is 2.26. The molecule has 0 fully saturated rings. The fourth-order valence-electron chi connectivity index (χ4n) is 2.24. The van der Waals surface area contributed by atoms with E-state index in [1.807, 2.05) is 6.92 Å². The first-order valence-corrected chi connectivity index (χ1v) is 7.44. The average molecular weight is 284 g/mol. The van der Waals surface area contributed by atoms with Crippen LogP contribution in [-0.2, 0) is 4.74 Å². The maximum Gasteiger partial charge on any atom is 0.0488 e. The van der Waals surface area contributed by atoms with E-state index in [0.29, 0.717) is 12.0 Å². The zero-order valence-electron chi connectivity index (χ0n) is 12.5. The van der Waals surface area contributed by atoms with Gasteiger partial charge in [-0.3, -0.25) is 0 Å². The molecule has 0 aliphatic heterocycles. The van der Waals surface area contributed by atoms with Crippen molar-refractivity contribution in [2.24, 2.45) is 5.92 Å². The first kappa shape index (κ1) is 16.5. The topological polar surface area (TPSA) is 21.3 Å². The van der Waals surface area contributed by atoms with Gasteiger partial charge in [0.2, 0.25) is 0 Å². The van der Waals surface area contributed by atoms with E-state index in [1.54, 1.807) is 7.11 Å². The zero-order valence-corrected chi connectivity index (χ0v) is 13.3. The first-order valence-electron chi connectivity index (χ1n) is 7.06. The molecule has 2 nitrogen and oxygen atoms in total. The zero-order chi connectivity index (χ0) is 14.3. The number of rotatable bonds is 8. The Hall–Kier alpha value is -0.570. The minimum atomic E-state index is 0.350. The lowest BCUT2D eigenvalue weighted by molar-refractivity contribution is 0.149. The number of hydrogen-bond acceptors (Lipinski definition) is 2. The second kappa shape index (κ2) is 8.57. The van der Waals surface area contributed by atoms with Gasteiger partial charge in [-0.2, -0.15) is 0 Å². The molecule has 1 aromatic rings. The lowest BCUT2D eigenvalue weighted by Crippen LogP contribution is -2.25. The van der Waals surface area contributed by atoms with Crippen LogP contribution < -0.4 is 5.32 Å². The van der Waals surface area contributed by atoms with Gasteiger partial charge in [-0.05, 0) is 49.4 Å². The second-order valence-electron chi connectivity index (χ2n) is 5.31. The minimum Gasteiger partial charge on any atom is -0.384 e. The molecule has 0 saturated heterocycles. The fourth-order valence-corrected chi connectivity index (χ4v) is 2.43. The highest BCUT2D eigenvalue weighted by molar-refractivity contribution is 6.31. The molecule has 0 bridgehead atoms. The Kier molecular flexibility index (Phi) is 7.44. The van der Waals surface area contributed by atoms with Gasteiger partial charge in [0.05, 0.1) is 0 Å².